The number of rotatable bonds is 3. The first-order chi connectivity index (χ1) is 9.34. The van der Waals surface area contributed by atoms with Crippen LogP contribution in [-0.2, 0) is 0 Å². The maximum atomic E-state index is 6.05. The summed E-state index contributed by atoms with van der Waals surface area (Å²) in [6, 6.07) is 20.2. The molecule has 0 aliphatic rings. The van der Waals surface area contributed by atoms with Gasteiger partial charge < -0.3 is 4.74 Å². The van der Waals surface area contributed by atoms with Crippen LogP contribution in [0.1, 0.15) is 18.6 Å². The Kier molecular flexibility index (Phi) is 3.15. The van der Waals surface area contributed by atoms with Gasteiger partial charge in [-0.2, -0.15) is 0 Å². The minimum atomic E-state index is 0.00815. The van der Waals surface area contributed by atoms with Gasteiger partial charge in [-0.25, -0.2) is 0 Å². The third kappa shape index (κ3) is 2.43. The Hall–Kier alpha value is -2.35. The fourth-order valence-corrected chi connectivity index (χ4v) is 2.15. The zero-order valence-corrected chi connectivity index (χ0v) is 10.8. The molecule has 1 aromatic heterocycles. The Morgan fingerprint density at radius 2 is 1.68 bits per heavy atom. The van der Waals surface area contributed by atoms with Crippen molar-refractivity contribution < 1.29 is 4.74 Å². The Morgan fingerprint density at radius 3 is 2.53 bits per heavy atom. The van der Waals surface area contributed by atoms with Crippen molar-refractivity contribution in [1.82, 2.24) is 4.98 Å². The van der Waals surface area contributed by atoms with E-state index in [1.165, 1.54) is 0 Å². The molecule has 0 amide bonds. The van der Waals surface area contributed by atoms with Gasteiger partial charge in [-0.05, 0) is 24.6 Å². The largest absolute Gasteiger partial charge is 0.484 e. The normalized spacial score (nSPS) is 12.3. The first kappa shape index (κ1) is 11.7. The summed E-state index contributed by atoms with van der Waals surface area (Å²) >= 11 is 0. The number of hydrogen-bond donors (Lipinski definition) is 0. The summed E-state index contributed by atoms with van der Waals surface area (Å²) in [5.74, 6) is 0.828. The quantitative estimate of drug-likeness (QED) is 0.687. The Labute approximate surface area is 112 Å². The highest BCUT2D eigenvalue weighted by molar-refractivity contribution is 5.84. The lowest BCUT2D eigenvalue weighted by Crippen LogP contribution is -2.03. The number of pyridine rings is 1. The van der Waals surface area contributed by atoms with E-state index in [-0.39, 0.29) is 6.10 Å². The lowest BCUT2D eigenvalue weighted by atomic mass is 10.1. The van der Waals surface area contributed by atoms with Crippen molar-refractivity contribution >= 4 is 10.9 Å². The minimum absolute atomic E-state index is 0.00815. The van der Waals surface area contributed by atoms with Crippen LogP contribution >= 0.6 is 0 Å². The van der Waals surface area contributed by atoms with Gasteiger partial charge in [-0.15, -0.1) is 0 Å². The zero-order valence-electron chi connectivity index (χ0n) is 10.8. The fraction of sp³-hybridized carbons (Fsp3) is 0.118. The molecule has 0 aliphatic heterocycles. The molecule has 0 saturated heterocycles. The molecule has 2 aromatic carbocycles. The molecule has 0 fully saturated rings. The van der Waals surface area contributed by atoms with Crippen molar-refractivity contribution in [3.8, 4) is 5.75 Å². The summed E-state index contributed by atoms with van der Waals surface area (Å²) in [6.45, 7) is 2.05. The predicted octanol–water partition coefficient (Wildman–Crippen LogP) is 4.37. The maximum absolute atomic E-state index is 6.05. The molecule has 0 bridgehead atoms. The number of ether oxygens (including phenoxy) is 1. The summed E-state index contributed by atoms with van der Waals surface area (Å²) in [6.07, 6.45) is 1.80. The molecule has 0 N–H and O–H groups in total. The summed E-state index contributed by atoms with van der Waals surface area (Å²) in [5, 5.41) is 1.10. The third-order valence-electron chi connectivity index (χ3n) is 3.17. The number of hydrogen-bond acceptors (Lipinski definition) is 2. The van der Waals surface area contributed by atoms with Crippen LogP contribution in [0.5, 0.6) is 5.75 Å². The number of para-hydroxylation sites is 1. The SMILES string of the molecule is CC(Oc1cccc2cccnc12)c1ccccc1. The highest BCUT2D eigenvalue weighted by atomic mass is 16.5. The van der Waals surface area contributed by atoms with Crippen molar-refractivity contribution in [1.29, 1.82) is 0 Å². The zero-order chi connectivity index (χ0) is 13.1. The first-order valence-electron chi connectivity index (χ1n) is 6.40. The number of nitrogens with zero attached hydrogens (tertiary/aromatic N) is 1. The molecule has 1 heterocycles. The predicted molar refractivity (Wildman–Crippen MR) is 77.2 cm³/mol. The molecule has 1 unspecified atom stereocenters. The maximum Gasteiger partial charge on any atom is 0.146 e. The van der Waals surface area contributed by atoms with Gasteiger partial charge in [0.2, 0.25) is 0 Å². The van der Waals surface area contributed by atoms with E-state index in [2.05, 4.69) is 24.0 Å². The van der Waals surface area contributed by atoms with Crippen molar-refractivity contribution in [3.05, 3.63) is 72.4 Å². The molecule has 1 atom stereocenters. The second-order valence-electron chi connectivity index (χ2n) is 4.50. The highest BCUT2D eigenvalue weighted by Gasteiger charge is 2.09. The molecule has 0 aliphatic carbocycles. The third-order valence-corrected chi connectivity index (χ3v) is 3.17. The average molecular weight is 249 g/mol. The summed E-state index contributed by atoms with van der Waals surface area (Å²) < 4.78 is 6.05. The Balaban J connectivity index is 1.94. The summed E-state index contributed by atoms with van der Waals surface area (Å²) in [7, 11) is 0. The van der Waals surface area contributed by atoms with E-state index in [0.717, 1.165) is 22.2 Å². The number of aromatic nitrogens is 1. The molecule has 3 rings (SSSR count). The monoisotopic (exact) mass is 249 g/mol. The topological polar surface area (TPSA) is 22.1 Å². The van der Waals surface area contributed by atoms with Gasteiger partial charge in [-0.3, -0.25) is 4.98 Å². The highest BCUT2D eigenvalue weighted by Crippen LogP contribution is 2.27. The first-order valence-corrected chi connectivity index (χ1v) is 6.40. The molecule has 0 saturated carbocycles. The van der Waals surface area contributed by atoms with E-state index in [1.807, 2.05) is 48.5 Å². The fourth-order valence-electron chi connectivity index (χ4n) is 2.15. The van der Waals surface area contributed by atoms with Gasteiger partial charge in [0.25, 0.3) is 0 Å². The van der Waals surface area contributed by atoms with Gasteiger partial charge in [0, 0.05) is 11.6 Å². The van der Waals surface area contributed by atoms with Crippen LogP contribution in [0.15, 0.2) is 66.9 Å². The van der Waals surface area contributed by atoms with Gasteiger partial charge >= 0.3 is 0 Å². The number of benzene rings is 2. The molecule has 2 heteroatoms. The molecular formula is C17H15NO. The molecule has 19 heavy (non-hydrogen) atoms. The van der Waals surface area contributed by atoms with Crippen molar-refractivity contribution in [2.75, 3.05) is 0 Å². The molecule has 2 nitrogen and oxygen atoms in total. The van der Waals surface area contributed by atoms with Gasteiger partial charge in [-0.1, -0.05) is 48.5 Å². The molecule has 0 spiro atoms. The van der Waals surface area contributed by atoms with Crippen LogP contribution in [0.2, 0.25) is 0 Å². The van der Waals surface area contributed by atoms with Crippen LogP contribution in [0.4, 0.5) is 0 Å². The lowest BCUT2D eigenvalue weighted by molar-refractivity contribution is 0.229. The molecule has 3 aromatic rings. The van der Waals surface area contributed by atoms with Gasteiger partial charge in [0.1, 0.15) is 17.4 Å². The van der Waals surface area contributed by atoms with Crippen molar-refractivity contribution in [2.45, 2.75) is 13.0 Å². The molecule has 94 valence electrons. The Morgan fingerprint density at radius 1 is 0.895 bits per heavy atom. The van der Waals surface area contributed by atoms with Gasteiger partial charge in [0.05, 0.1) is 0 Å². The second-order valence-corrected chi connectivity index (χ2v) is 4.50. The standard InChI is InChI=1S/C17H15NO/c1-13(14-7-3-2-4-8-14)19-16-11-5-9-15-10-6-12-18-17(15)16/h2-13H,1H3. The minimum Gasteiger partial charge on any atom is -0.484 e. The van der Waals surface area contributed by atoms with Crippen molar-refractivity contribution in [3.63, 3.8) is 0 Å². The number of fused-ring (bicyclic) bond motifs is 1. The molecular weight excluding hydrogens is 234 g/mol. The van der Waals surface area contributed by atoms with E-state index in [1.54, 1.807) is 6.20 Å². The Bertz CT molecular complexity index is 674. The summed E-state index contributed by atoms with van der Waals surface area (Å²) in [4.78, 5) is 4.40. The van der Waals surface area contributed by atoms with Crippen LogP contribution < -0.4 is 4.74 Å². The van der Waals surface area contributed by atoms with Crippen molar-refractivity contribution in [2.24, 2.45) is 0 Å². The van der Waals surface area contributed by atoms with E-state index in [0.29, 0.717) is 0 Å². The van der Waals surface area contributed by atoms with Gasteiger partial charge in [0.15, 0.2) is 0 Å². The van der Waals surface area contributed by atoms with E-state index < -0.39 is 0 Å². The van der Waals surface area contributed by atoms with E-state index in [4.69, 9.17) is 4.74 Å². The van der Waals surface area contributed by atoms with Crippen LogP contribution in [0.3, 0.4) is 0 Å². The van der Waals surface area contributed by atoms with Crippen LogP contribution in [0.25, 0.3) is 10.9 Å². The summed E-state index contributed by atoms with van der Waals surface area (Å²) in [5.41, 5.74) is 2.07. The molecule has 0 radical (unpaired) electrons. The second kappa shape index (κ2) is 5.11. The van der Waals surface area contributed by atoms with Crippen LogP contribution in [0, 0.1) is 0 Å². The van der Waals surface area contributed by atoms with E-state index in [9.17, 15) is 0 Å². The smallest absolute Gasteiger partial charge is 0.146 e. The average Bonchev–Trinajstić information content (AvgIpc) is 2.48. The van der Waals surface area contributed by atoms with E-state index >= 15 is 0 Å². The van der Waals surface area contributed by atoms with Crippen LogP contribution in [-0.4, -0.2) is 4.98 Å². The lowest BCUT2D eigenvalue weighted by Gasteiger charge is -2.16.